The van der Waals surface area contributed by atoms with Crippen molar-refractivity contribution in [1.82, 2.24) is 20.2 Å². The summed E-state index contributed by atoms with van der Waals surface area (Å²) in [5, 5.41) is 3.93. The fourth-order valence-corrected chi connectivity index (χ4v) is 3.64. The predicted molar refractivity (Wildman–Crippen MR) is 110 cm³/mol. The van der Waals surface area contributed by atoms with Crippen LogP contribution in [0, 0.1) is 5.92 Å². The van der Waals surface area contributed by atoms with Crippen LogP contribution in [0.1, 0.15) is 39.9 Å². The van der Waals surface area contributed by atoms with E-state index in [-0.39, 0.29) is 11.6 Å². The molecule has 1 aliphatic heterocycles. The molecule has 152 valence electrons. The van der Waals surface area contributed by atoms with Crippen molar-refractivity contribution in [1.29, 1.82) is 0 Å². The zero-order valence-electron chi connectivity index (χ0n) is 16.7. The second kappa shape index (κ2) is 8.09. The maximum Gasteiger partial charge on any atom is 0.407 e. The Morgan fingerprint density at radius 1 is 1.46 bits per heavy atom. The Hall–Kier alpha value is -2.12. The summed E-state index contributed by atoms with van der Waals surface area (Å²) in [4.78, 5) is 33.9. The predicted octanol–water partition coefficient (Wildman–Crippen LogP) is 3.31. The number of nitrogens with one attached hydrogen (secondary N) is 2. The zero-order chi connectivity index (χ0) is 20.5. The summed E-state index contributed by atoms with van der Waals surface area (Å²) in [5.74, 6) is 0.951. The minimum absolute atomic E-state index is 0.00519. The van der Waals surface area contributed by atoms with Gasteiger partial charge in [-0.05, 0) is 64.8 Å². The lowest BCUT2D eigenvalue weighted by molar-refractivity contribution is 0.0492. The van der Waals surface area contributed by atoms with E-state index >= 15 is 0 Å². The molecule has 0 spiro atoms. The van der Waals surface area contributed by atoms with Crippen LogP contribution < -0.4 is 10.9 Å². The smallest absolute Gasteiger partial charge is 0.407 e. The zero-order valence-corrected chi connectivity index (χ0v) is 17.5. The van der Waals surface area contributed by atoms with Crippen LogP contribution in [0.4, 0.5) is 4.79 Å². The monoisotopic (exact) mass is 406 g/mol. The molecule has 0 radical (unpaired) electrons. The number of hydrogen-bond acceptors (Lipinski definition) is 5. The number of H-pyrrole nitrogens is 1. The first-order valence-electron chi connectivity index (χ1n) is 9.51. The number of ether oxygens (including phenoxy) is 1. The van der Waals surface area contributed by atoms with Crippen LogP contribution in [0.3, 0.4) is 0 Å². The molecule has 1 aromatic carbocycles. The molecule has 2 heterocycles. The summed E-state index contributed by atoms with van der Waals surface area (Å²) in [6, 6.07) is 5.12. The Kier molecular flexibility index (Phi) is 5.95. The van der Waals surface area contributed by atoms with E-state index in [2.05, 4.69) is 20.2 Å². The molecule has 0 bridgehead atoms. The lowest BCUT2D eigenvalue weighted by Gasteiger charge is -2.25. The fourth-order valence-electron chi connectivity index (χ4n) is 3.47. The van der Waals surface area contributed by atoms with Gasteiger partial charge in [-0.1, -0.05) is 11.6 Å². The molecular weight excluding hydrogens is 380 g/mol. The average molecular weight is 407 g/mol. The first kappa shape index (κ1) is 20.6. The molecule has 8 heteroatoms. The number of rotatable bonds is 4. The van der Waals surface area contributed by atoms with E-state index in [4.69, 9.17) is 16.3 Å². The Labute approximate surface area is 169 Å². The lowest BCUT2D eigenvalue weighted by Crippen LogP contribution is -2.42. The molecule has 1 aliphatic rings. The van der Waals surface area contributed by atoms with E-state index in [1.54, 1.807) is 18.2 Å². The number of aromatic nitrogens is 2. The van der Waals surface area contributed by atoms with Gasteiger partial charge in [0.05, 0.1) is 17.4 Å². The van der Waals surface area contributed by atoms with Gasteiger partial charge in [0.2, 0.25) is 0 Å². The molecule has 0 saturated carbocycles. The molecule has 1 aromatic heterocycles. The number of halogens is 1. The molecular formula is C20H27ClN4O3. The molecule has 1 saturated heterocycles. The van der Waals surface area contributed by atoms with Crippen LogP contribution in [-0.4, -0.2) is 45.7 Å². The van der Waals surface area contributed by atoms with Gasteiger partial charge in [0.25, 0.3) is 5.56 Å². The summed E-state index contributed by atoms with van der Waals surface area (Å²) < 4.78 is 5.33. The molecule has 3 rings (SSSR count). The Morgan fingerprint density at radius 3 is 2.93 bits per heavy atom. The van der Waals surface area contributed by atoms with Crippen LogP contribution in [0.25, 0.3) is 10.9 Å². The van der Waals surface area contributed by atoms with Crippen LogP contribution in [-0.2, 0) is 11.3 Å². The third-order valence-corrected chi connectivity index (χ3v) is 5.09. The van der Waals surface area contributed by atoms with E-state index in [9.17, 15) is 9.59 Å². The highest BCUT2D eigenvalue weighted by atomic mass is 35.5. The average Bonchev–Trinajstić information content (AvgIpc) is 3.02. The van der Waals surface area contributed by atoms with Crippen molar-refractivity contribution < 1.29 is 9.53 Å². The van der Waals surface area contributed by atoms with Crippen LogP contribution in [0.5, 0.6) is 0 Å². The van der Waals surface area contributed by atoms with Crippen molar-refractivity contribution in [3.05, 3.63) is 39.4 Å². The highest BCUT2D eigenvalue weighted by molar-refractivity contribution is 6.31. The van der Waals surface area contributed by atoms with Crippen LogP contribution in [0.15, 0.2) is 23.0 Å². The van der Waals surface area contributed by atoms with Crippen LogP contribution in [0.2, 0.25) is 5.02 Å². The quantitative estimate of drug-likeness (QED) is 0.813. The molecule has 0 aliphatic carbocycles. The van der Waals surface area contributed by atoms with Crippen molar-refractivity contribution >= 4 is 28.6 Å². The number of alkyl carbamates (subject to hydrolysis) is 1. The van der Waals surface area contributed by atoms with Crippen molar-refractivity contribution in [2.75, 3.05) is 13.1 Å². The molecule has 7 nitrogen and oxygen atoms in total. The van der Waals surface area contributed by atoms with Crippen molar-refractivity contribution in [2.45, 2.75) is 52.3 Å². The van der Waals surface area contributed by atoms with Crippen LogP contribution >= 0.6 is 11.6 Å². The summed E-state index contributed by atoms with van der Waals surface area (Å²) in [6.07, 6.45) is 0.572. The summed E-state index contributed by atoms with van der Waals surface area (Å²) in [6.45, 7) is 9.80. The fraction of sp³-hybridized carbons (Fsp3) is 0.550. The summed E-state index contributed by atoms with van der Waals surface area (Å²) in [5.41, 5.74) is -0.0549. The number of benzene rings is 1. The number of fused-ring (bicyclic) bond motifs is 1. The number of carbonyl (C=O) groups is 1. The number of aromatic amines is 1. The number of likely N-dealkylation sites (tertiary alicyclic amines) is 1. The first-order chi connectivity index (χ1) is 13.1. The summed E-state index contributed by atoms with van der Waals surface area (Å²) in [7, 11) is 0. The highest BCUT2D eigenvalue weighted by Crippen LogP contribution is 2.22. The normalized spacial score (nSPS) is 19.0. The van der Waals surface area contributed by atoms with Gasteiger partial charge in [0.15, 0.2) is 0 Å². The third-order valence-electron chi connectivity index (χ3n) is 4.85. The molecule has 1 amide bonds. The number of amides is 1. The second-order valence-electron chi connectivity index (χ2n) is 8.39. The molecule has 28 heavy (non-hydrogen) atoms. The Balaban J connectivity index is 1.60. The second-order valence-corrected chi connectivity index (χ2v) is 8.83. The minimum Gasteiger partial charge on any atom is -0.444 e. The minimum atomic E-state index is -0.511. The Bertz CT molecular complexity index is 922. The first-order valence-corrected chi connectivity index (χ1v) is 9.89. The highest BCUT2D eigenvalue weighted by Gasteiger charge is 2.29. The van der Waals surface area contributed by atoms with E-state index < -0.39 is 11.7 Å². The largest absolute Gasteiger partial charge is 0.444 e. The number of hydrogen-bond donors (Lipinski definition) is 2. The maximum absolute atomic E-state index is 12.3. The topological polar surface area (TPSA) is 87.3 Å². The van der Waals surface area contributed by atoms with Gasteiger partial charge in [-0.25, -0.2) is 9.78 Å². The summed E-state index contributed by atoms with van der Waals surface area (Å²) >= 11 is 5.96. The van der Waals surface area contributed by atoms with E-state index in [1.807, 2.05) is 27.7 Å². The van der Waals surface area contributed by atoms with Crippen molar-refractivity contribution in [3.8, 4) is 0 Å². The van der Waals surface area contributed by atoms with Gasteiger partial charge in [0, 0.05) is 17.6 Å². The lowest BCUT2D eigenvalue weighted by atomic mass is 10.0. The molecule has 0 unspecified atom stereocenters. The SMILES string of the molecule is C[C@@H](NC(=O)OC(C)(C)C)[C@@H]1CCN(Cc2nc3ccc(Cl)cc3c(=O)[nH]2)C1. The standard InChI is InChI=1S/C20H27ClN4O3/c1-12(22-19(27)28-20(2,3)4)13-7-8-25(10-13)11-17-23-16-6-5-14(21)9-15(16)18(26)24-17/h5-6,9,12-13H,7-8,10-11H2,1-4H3,(H,22,27)(H,23,24,26)/t12-,13-/m1/s1. The van der Waals surface area contributed by atoms with E-state index in [1.165, 1.54) is 0 Å². The Morgan fingerprint density at radius 2 is 2.21 bits per heavy atom. The molecule has 1 fully saturated rings. The van der Waals surface area contributed by atoms with Gasteiger partial charge in [0.1, 0.15) is 11.4 Å². The third kappa shape index (κ3) is 5.23. The molecule has 2 atom stereocenters. The van der Waals surface area contributed by atoms with Crippen molar-refractivity contribution in [2.24, 2.45) is 5.92 Å². The van der Waals surface area contributed by atoms with E-state index in [0.29, 0.717) is 34.2 Å². The van der Waals surface area contributed by atoms with E-state index in [0.717, 1.165) is 19.5 Å². The van der Waals surface area contributed by atoms with Gasteiger partial charge in [-0.2, -0.15) is 0 Å². The number of nitrogens with zero attached hydrogens (tertiary/aromatic N) is 2. The van der Waals surface area contributed by atoms with Gasteiger partial charge >= 0.3 is 6.09 Å². The van der Waals surface area contributed by atoms with Gasteiger partial charge < -0.3 is 15.0 Å². The molecule has 2 aromatic rings. The van der Waals surface area contributed by atoms with Gasteiger partial charge in [-0.15, -0.1) is 0 Å². The van der Waals surface area contributed by atoms with Gasteiger partial charge in [-0.3, -0.25) is 9.69 Å². The molecule has 2 N–H and O–H groups in total. The number of carbonyl (C=O) groups excluding carboxylic acids is 1. The maximum atomic E-state index is 12.3. The van der Waals surface area contributed by atoms with Crippen molar-refractivity contribution in [3.63, 3.8) is 0 Å².